The zero-order valence-corrected chi connectivity index (χ0v) is 17.0. The highest BCUT2D eigenvalue weighted by atomic mass is 35.5. The number of carbonyl (C=O) groups excluding carboxylic acids is 1. The molecule has 3 aromatic heterocycles. The summed E-state index contributed by atoms with van der Waals surface area (Å²) in [5.41, 5.74) is 4.70. The van der Waals surface area contributed by atoms with E-state index in [-0.39, 0.29) is 12.3 Å². The van der Waals surface area contributed by atoms with Crippen molar-refractivity contribution in [2.75, 3.05) is 6.61 Å². The van der Waals surface area contributed by atoms with Gasteiger partial charge in [0.05, 0.1) is 23.8 Å². The number of halogens is 1. The monoisotopic (exact) mass is 417 g/mol. The van der Waals surface area contributed by atoms with Crippen LogP contribution in [-0.4, -0.2) is 32.2 Å². The third-order valence-corrected chi connectivity index (χ3v) is 4.64. The van der Waals surface area contributed by atoms with E-state index in [9.17, 15) is 10.1 Å². The van der Waals surface area contributed by atoms with Crippen LogP contribution in [0.15, 0.2) is 48.7 Å². The SMILES string of the molecule is CCOC(=O)c1ccn2nc(-c3cccc(C#N)c3)c(-c3cc(C)nc(Cl)c3)c2n1. The highest BCUT2D eigenvalue weighted by Gasteiger charge is 2.21. The van der Waals surface area contributed by atoms with Crippen LogP contribution in [-0.2, 0) is 4.74 Å². The Morgan fingerprint density at radius 2 is 2.03 bits per heavy atom. The summed E-state index contributed by atoms with van der Waals surface area (Å²) in [5, 5.41) is 14.3. The van der Waals surface area contributed by atoms with Gasteiger partial charge in [-0.05, 0) is 49.7 Å². The summed E-state index contributed by atoms with van der Waals surface area (Å²) in [6.07, 6.45) is 1.66. The van der Waals surface area contributed by atoms with Crippen molar-refractivity contribution in [2.45, 2.75) is 13.8 Å². The minimum Gasteiger partial charge on any atom is -0.461 e. The van der Waals surface area contributed by atoms with Gasteiger partial charge in [0, 0.05) is 17.5 Å². The van der Waals surface area contributed by atoms with Crippen molar-refractivity contribution in [1.29, 1.82) is 5.26 Å². The Morgan fingerprint density at radius 1 is 1.20 bits per heavy atom. The van der Waals surface area contributed by atoms with Gasteiger partial charge < -0.3 is 4.74 Å². The molecule has 30 heavy (non-hydrogen) atoms. The number of hydrogen-bond acceptors (Lipinski definition) is 6. The van der Waals surface area contributed by atoms with Crippen molar-refractivity contribution in [3.8, 4) is 28.5 Å². The standard InChI is InChI=1S/C22H16ClN5O2/c1-3-30-22(29)17-7-8-28-21(26-17)19(16-9-13(2)25-18(23)11-16)20(27-28)15-6-4-5-14(10-15)12-24/h4-11H,3H2,1-2H3. The Labute approximate surface area is 177 Å². The number of hydrogen-bond donors (Lipinski definition) is 0. The van der Waals surface area contributed by atoms with Gasteiger partial charge in [-0.3, -0.25) is 0 Å². The number of aryl methyl sites for hydroxylation is 1. The zero-order valence-electron chi connectivity index (χ0n) is 16.3. The highest BCUT2D eigenvalue weighted by Crippen LogP contribution is 2.36. The molecule has 3 heterocycles. The van der Waals surface area contributed by atoms with E-state index in [0.29, 0.717) is 27.6 Å². The van der Waals surface area contributed by atoms with E-state index in [0.717, 1.165) is 16.8 Å². The van der Waals surface area contributed by atoms with E-state index in [1.807, 2.05) is 19.1 Å². The van der Waals surface area contributed by atoms with Crippen LogP contribution < -0.4 is 0 Å². The summed E-state index contributed by atoms with van der Waals surface area (Å²) in [4.78, 5) is 21.0. The molecule has 0 fully saturated rings. The van der Waals surface area contributed by atoms with E-state index in [1.165, 1.54) is 0 Å². The van der Waals surface area contributed by atoms with Crippen molar-refractivity contribution in [2.24, 2.45) is 0 Å². The lowest BCUT2D eigenvalue weighted by molar-refractivity contribution is 0.0519. The predicted octanol–water partition coefficient (Wildman–Crippen LogP) is 4.47. The largest absolute Gasteiger partial charge is 0.461 e. The minimum absolute atomic E-state index is 0.180. The molecule has 0 N–H and O–H groups in total. The van der Waals surface area contributed by atoms with Gasteiger partial charge >= 0.3 is 5.97 Å². The first-order valence-corrected chi connectivity index (χ1v) is 9.59. The predicted molar refractivity (Wildman–Crippen MR) is 112 cm³/mol. The molecule has 148 valence electrons. The average Bonchev–Trinajstić information content (AvgIpc) is 3.12. The second kappa shape index (κ2) is 7.93. The smallest absolute Gasteiger partial charge is 0.357 e. The molecule has 4 rings (SSSR count). The maximum Gasteiger partial charge on any atom is 0.357 e. The summed E-state index contributed by atoms with van der Waals surface area (Å²) < 4.78 is 6.68. The molecule has 0 amide bonds. The molecule has 0 bridgehead atoms. The van der Waals surface area contributed by atoms with Crippen LogP contribution in [0.1, 0.15) is 28.7 Å². The lowest BCUT2D eigenvalue weighted by Gasteiger charge is -2.06. The van der Waals surface area contributed by atoms with Crippen LogP contribution in [0.25, 0.3) is 28.0 Å². The molecule has 0 saturated carbocycles. The van der Waals surface area contributed by atoms with E-state index in [2.05, 4.69) is 21.1 Å². The normalized spacial score (nSPS) is 10.7. The first kappa shape index (κ1) is 19.6. The molecule has 0 aliphatic carbocycles. The van der Waals surface area contributed by atoms with Gasteiger partial charge in [0.1, 0.15) is 10.8 Å². The number of pyridine rings is 1. The molecule has 4 aromatic rings. The minimum atomic E-state index is -0.510. The van der Waals surface area contributed by atoms with Crippen molar-refractivity contribution >= 4 is 23.2 Å². The third-order valence-electron chi connectivity index (χ3n) is 4.45. The summed E-state index contributed by atoms with van der Waals surface area (Å²) in [6.45, 7) is 3.83. The molecule has 8 heteroatoms. The van der Waals surface area contributed by atoms with Crippen molar-refractivity contribution in [3.63, 3.8) is 0 Å². The first-order valence-electron chi connectivity index (χ1n) is 9.21. The van der Waals surface area contributed by atoms with Crippen molar-refractivity contribution in [1.82, 2.24) is 19.6 Å². The molecule has 7 nitrogen and oxygen atoms in total. The molecular weight excluding hydrogens is 402 g/mol. The zero-order chi connectivity index (χ0) is 21.3. The fourth-order valence-corrected chi connectivity index (χ4v) is 3.48. The third kappa shape index (κ3) is 3.61. The van der Waals surface area contributed by atoms with Crippen LogP contribution in [0.4, 0.5) is 0 Å². The fourth-order valence-electron chi connectivity index (χ4n) is 3.22. The van der Waals surface area contributed by atoms with E-state index in [1.54, 1.807) is 48.0 Å². The van der Waals surface area contributed by atoms with Gasteiger partial charge in [0.15, 0.2) is 11.3 Å². The first-order chi connectivity index (χ1) is 14.5. The summed E-state index contributed by atoms with van der Waals surface area (Å²) in [5.74, 6) is -0.510. The van der Waals surface area contributed by atoms with Gasteiger partial charge in [-0.1, -0.05) is 23.7 Å². The molecule has 0 spiro atoms. The number of rotatable bonds is 4. The molecule has 0 radical (unpaired) electrons. The van der Waals surface area contributed by atoms with Gasteiger partial charge in [-0.25, -0.2) is 19.3 Å². The lowest BCUT2D eigenvalue weighted by Crippen LogP contribution is -2.08. The number of benzene rings is 1. The van der Waals surface area contributed by atoms with Crippen LogP contribution in [0.3, 0.4) is 0 Å². The second-order valence-electron chi connectivity index (χ2n) is 6.54. The quantitative estimate of drug-likeness (QED) is 0.359. The molecule has 0 saturated heterocycles. The second-order valence-corrected chi connectivity index (χ2v) is 6.92. The van der Waals surface area contributed by atoms with Gasteiger partial charge in [-0.15, -0.1) is 0 Å². The number of nitrogens with zero attached hydrogens (tertiary/aromatic N) is 5. The Balaban J connectivity index is 2.03. The summed E-state index contributed by atoms with van der Waals surface area (Å²) >= 11 is 6.21. The number of carbonyl (C=O) groups is 1. The van der Waals surface area contributed by atoms with Gasteiger partial charge in [-0.2, -0.15) is 10.4 Å². The van der Waals surface area contributed by atoms with E-state index in [4.69, 9.17) is 16.3 Å². The maximum absolute atomic E-state index is 12.2. The molecule has 0 aliphatic heterocycles. The number of ether oxygens (including phenoxy) is 1. The Morgan fingerprint density at radius 3 is 2.77 bits per heavy atom. The van der Waals surface area contributed by atoms with Gasteiger partial charge in [0.2, 0.25) is 0 Å². The van der Waals surface area contributed by atoms with Crippen molar-refractivity contribution < 1.29 is 9.53 Å². The number of aromatic nitrogens is 4. The molecule has 0 aliphatic rings. The van der Waals surface area contributed by atoms with Crippen molar-refractivity contribution in [3.05, 3.63) is 70.8 Å². The number of nitriles is 1. The Bertz CT molecular complexity index is 1300. The summed E-state index contributed by atoms with van der Waals surface area (Å²) in [7, 11) is 0. The van der Waals surface area contributed by atoms with Crippen LogP contribution in [0.5, 0.6) is 0 Å². The average molecular weight is 418 g/mol. The van der Waals surface area contributed by atoms with E-state index < -0.39 is 5.97 Å². The summed E-state index contributed by atoms with van der Waals surface area (Å²) in [6, 6.07) is 14.4. The number of esters is 1. The Kier molecular flexibility index (Phi) is 5.17. The lowest BCUT2D eigenvalue weighted by atomic mass is 10.00. The van der Waals surface area contributed by atoms with Crippen LogP contribution in [0.2, 0.25) is 5.15 Å². The Hall–Kier alpha value is -3.76. The van der Waals surface area contributed by atoms with Gasteiger partial charge in [0.25, 0.3) is 0 Å². The number of fused-ring (bicyclic) bond motifs is 1. The molecule has 0 unspecified atom stereocenters. The molecule has 1 aromatic carbocycles. The molecule has 0 atom stereocenters. The highest BCUT2D eigenvalue weighted by molar-refractivity contribution is 6.29. The fraction of sp³-hybridized carbons (Fsp3) is 0.136. The topological polar surface area (TPSA) is 93.2 Å². The van der Waals surface area contributed by atoms with Crippen LogP contribution in [0, 0.1) is 18.3 Å². The van der Waals surface area contributed by atoms with Crippen LogP contribution >= 0.6 is 11.6 Å². The van der Waals surface area contributed by atoms with E-state index >= 15 is 0 Å². The maximum atomic E-state index is 12.2. The molecular formula is C22H16ClN5O2.